The first kappa shape index (κ1) is 21.2. The van der Waals surface area contributed by atoms with E-state index >= 15 is 0 Å². The van der Waals surface area contributed by atoms with Gasteiger partial charge < -0.3 is 19.5 Å². The summed E-state index contributed by atoms with van der Waals surface area (Å²) < 4.78 is 16.3. The molecule has 0 atom stereocenters. The highest BCUT2D eigenvalue weighted by Crippen LogP contribution is 2.34. The Labute approximate surface area is 186 Å². The molecule has 0 aliphatic carbocycles. The molecule has 3 aromatic carbocycles. The first-order valence-electron chi connectivity index (χ1n) is 10.2. The molecule has 4 aromatic rings. The summed E-state index contributed by atoms with van der Waals surface area (Å²) >= 11 is 0. The number of fused-ring (bicyclic) bond motifs is 1. The fraction of sp³-hybridized carbons (Fsp3) is 0.154. The third-order valence-corrected chi connectivity index (χ3v) is 5.28. The second-order valence-corrected chi connectivity index (χ2v) is 7.13. The summed E-state index contributed by atoms with van der Waals surface area (Å²) in [5, 5.41) is 3.78. The number of nitrogens with one attached hydrogen (secondary N) is 1. The second-order valence-electron chi connectivity index (χ2n) is 7.13. The summed E-state index contributed by atoms with van der Waals surface area (Å²) in [5.74, 6) is 1.86. The highest BCUT2D eigenvalue weighted by Gasteiger charge is 2.17. The smallest absolute Gasteiger partial charge is 0.252 e. The predicted octanol–water partition coefficient (Wildman–Crippen LogP) is 4.86. The number of ether oxygens (including phenoxy) is 3. The van der Waals surface area contributed by atoms with Gasteiger partial charge >= 0.3 is 0 Å². The van der Waals surface area contributed by atoms with Gasteiger partial charge in [-0.2, -0.15) is 0 Å². The minimum atomic E-state index is -0.197. The summed E-state index contributed by atoms with van der Waals surface area (Å²) in [6.07, 6.45) is 0. The molecule has 4 rings (SSSR count). The number of amides is 1. The molecule has 0 fully saturated rings. The molecule has 0 saturated heterocycles. The Morgan fingerprint density at radius 2 is 1.59 bits per heavy atom. The van der Waals surface area contributed by atoms with Crippen LogP contribution < -0.4 is 19.5 Å². The van der Waals surface area contributed by atoms with Crippen LogP contribution in [-0.4, -0.2) is 32.2 Å². The summed E-state index contributed by atoms with van der Waals surface area (Å²) in [6, 6.07) is 22.5. The van der Waals surface area contributed by atoms with E-state index in [1.54, 1.807) is 27.4 Å². The van der Waals surface area contributed by atoms with Crippen molar-refractivity contribution in [2.24, 2.45) is 0 Å². The number of pyridine rings is 1. The summed E-state index contributed by atoms with van der Waals surface area (Å²) in [4.78, 5) is 18.0. The number of rotatable bonds is 7. The molecule has 162 valence electrons. The van der Waals surface area contributed by atoms with Gasteiger partial charge in [0.2, 0.25) is 0 Å². The number of hydrogen-bond donors (Lipinski definition) is 1. The minimum absolute atomic E-state index is 0.197. The molecule has 1 aromatic heterocycles. The van der Waals surface area contributed by atoms with Gasteiger partial charge in [-0.25, -0.2) is 4.98 Å². The van der Waals surface area contributed by atoms with Gasteiger partial charge in [0.1, 0.15) is 17.2 Å². The van der Waals surface area contributed by atoms with E-state index in [4.69, 9.17) is 19.2 Å². The fourth-order valence-corrected chi connectivity index (χ4v) is 3.64. The molecule has 0 spiro atoms. The first-order chi connectivity index (χ1) is 15.6. The Kier molecular flexibility index (Phi) is 6.22. The van der Waals surface area contributed by atoms with Crippen LogP contribution in [0.4, 0.5) is 0 Å². The number of carbonyl (C=O) groups is 1. The van der Waals surface area contributed by atoms with E-state index in [2.05, 4.69) is 5.32 Å². The lowest BCUT2D eigenvalue weighted by Crippen LogP contribution is -2.23. The van der Waals surface area contributed by atoms with Crippen LogP contribution in [0.3, 0.4) is 0 Å². The highest BCUT2D eigenvalue weighted by atomic mass is 16.5. The van der Waals surface area contributed by atoms with Crippen LogP contribution in [0.5, 0.6) is 17.2 Å². The fourth-order valence-electron chi connectivity index (χ4n) is 3.64. The number of aromatic nitrogens is 1. The van der Waals surface area contributed by atoms with Crippen molar-refractivity contribution in [2.75, 3.05) is 21.3 Å². The van der Waals surface area contributed by atoms with Crippen LogP contribution in [0.2, 0.25) is 0 Å². The number of carbonyl (C=O) groups excluding carboxylic acids is 1. The SMILES string of the molecule is COc1ccc(OC)c(-c2cc(C(=O)NCc3ccccc3OC)c3ccccc3n2)c1. The van der Waals surface area contributed by atoms with E-state index in [0.29, 0.717) is 29.3 Å². The van der Waals surface area contributed by atoms with Crippen molar-refractivity contribution in [2.45, 2.75) is 6.54 Å². The molecule has 0 aliphatic rings. The third kappa shape index (κ3) is 4.21. The molecule has 0 aliphatic heterocycles. The van der Waals surface area contributed by atoms with E-state index < -0.39 is 0 Å². The molecule has 0 bridgehead atoms. The zero-order valence-electron chi connectivity index (χ0n) is 18.2. The Balaban J connectivity index is 1.76. The zero-order chi connectivity index (χ0) is 22.5. The minimum Gasteiger partial charge on any atom is -0.497 e. The molecule has 0 radical (unpaired) electrons. The van der Waals surface area contributed by atoms with Gasteiger partial charge in [-0.3, -0.25) is 4.79 Å². The number of methoxy groups -OCH3 is 3. The van der Waals surface area contributed by atoms with Gasteiger partial charge in [-0.05, 0) is 36.4 Å². The summed E-state index contributed by atoms with van der Waals surface area (Å²) in [5.41, 5.74) is 3.53. The number of benzene rings is 3. The van der Waals surface area contributed by atoms with Crippen molar-refractivity contribution in [1.29, 1.82) is 0 Å². The van der Waals surface area contributed by atoms with Crippen molar-refractivity contribution in [1.82, 2.24) is 10.3 Å². The van der Waals surface area contributed by atoms with E-state index in [1.165, 1.54) is 0 Å². The van der Waals surface area contributed by atoms with Gasteiger partial charge in [0, 0.05) is 23.1 Å². The molecule has 32 heavy (non-hydrogen) atoms. The standard InChI is InChI=1S/C26H24N2O4/c1-30-18-12-13-25(32-3)21(14-18)23-15-20(19-9-5-6-10-22(19)28-23)26(29)27-16-17-8-4-7-11-24(17)31-2/h4-15H,16H2,1-3H3,(H,27,29). The lowest BCUT2D eigenvalue weighted by Gasteiger charge is -2.14. The number of para-hydroxylation sites is 2. The lowest BCUT2D eigenvalue weighted by molar-refractivity contribution is 0.0952. The van der Waals surface area contributed by atoms with E-state index in [9.17, 15) is 4.79 Å². The maximum absolute atomic E-state index is 13.3. The van der Waals surface area contributed by atoms with Crippen LogP contribution in [0.1, 0.15) is 15.9 Å². The maximum atomic E-state index is 13.3. The van der Waals surface area contributed by atoms with Crippen LogP contribution >= 0.6 is 0 Å². The normalized spacial score (nSPS) is 10.6. The van der Waals surface area contributed by atoms with Crippen LogP contribution in [0.25, 0.3) is 22.2 Å². The van der Waals surface area contributed by atoms with E-state index in [0.717, 1.165) is 27.8 Å². The van der Waals surface area contributed by atoms with E-state index in [-0.39, 0.29) is 5.91 Å². The summed E-state index contributed by atoms with van der Waals surface area (Å²) in [6.45, 7) is 0.345. The quantitative estimate of drug-likeness (QED) is 0.455. The maximum Gasteiger partial charge on any atom is 0.252 e. The van der Waals surface area contributed by atoms with Crippen LogP contribution in [-0.2, 0) is 6.54 Å². The summed E-state index contributed by atoms with van der Waals surface area (Å²) in [7, 11) is 4.83. The molecule has 0 saturated carbocycles. The molecule has 1 heterocycles. The van der Waals surface area contributed by atoms with Crippen LogP contribution in [0.15, 0.2) is 72.8 Å². The number of nitrogens with zero attached hydrogens (tertiary/aromatic N) is 1. The Morgan fingerprint density at radius 3 is 2.38 bits per heavy atom. The Bertz CT molecular complexity index is 1270. The van der Waals surface area contributed by atoms with Gasteiger partial charge in [0.15, 0.2) is 0 Å². The first-order valence-corrected chi connectivity index (χ1v) is 10.2. The van der Waals surface area contributed by atoms with Gasteiger partial charge in [-0.1, -0.05) is 36.4 Å². The predicted molar refractivity (Wildman–Crippen MR) is 124 cm³/mol. The molecule has 6 nitrogen and oxygen atoms in total. The molecular formula is C26H24N2O4. The van der Waals surface area contributed by atoms with Gasteiger partial charge in [0.25, 0.3) is 5.91 Å². The average Bonchev–Trinajstić information content (AvgIpc) is 2.86. The van der Waals surface area contributed by atoms with Crippen molar-refractivity contribution in [3.8, 4) is 28.5 Å². The molecule has 1 N–H and O–H groups in total. The zero-order valence-corrected chi connectivity index (χ0v) is 18.2. The molecule has 0 unspecified atom stereocenters. The highest BCUT2D eigenvalue weighted by molar-refractivity contribution is 6.07. The van der Waals surface area contributed by atoms with Gasteiger partial charge in [-0.15, -0.1) is 0 Å². The Morgan fingerprint density at radius 1 is 0.844 bits per heavy atom. The second kappa shape index (κ2) is 9.39. The van der Waals surface area contributed by atoms with Crippen LogP contribution in [0, 0.1) is 0 Å². The topological polar surface area (TPSA) is 69.7 Å². The molecule has 1 amide bonds. The van der Waals surface area contributed by atoms with Crippen molar-refractivity contribution < 1.29 is 19.0 Å². The third-order valence-electron chi connectivity index (χ3n) is 5.28. The Hall–Kier alpha value is -4.06. The van der Waals surface area contributed by atoms with Crippen molar-refractivity contribution in [3.63, 3.8) is 0 Å². The monoisotopic (exact) mass is 428 g/mol. The largest absolute Gasteiger partial charge is 0.497 e. The molecule has 6 heteroatoms. The average molecular weight is 428 g/mol. The van der Waals surface area contributed by atoms with E-state index in [1.807, 2.05) is 66.7 Å². The van der Waals surface area contributed by atoms with Gasteiger partial charge in [0.05, 0.1) is 38.1 Å². The van der Waals surface area contributed by atoms with Crippen molar-refractivity contribution >= 4 is 16.8 Å². The van der Waals surface area contributed by atoms with Crippen molar-refractivity contribution in [3.05, 3.63) is 83.9 Å². The lowest BCUT2D eigenvalue weighted by atomic mass is 10.0. The molecular weight excluding hydrogens is 404 g/mol. The number of hydrogen-bond acceptors (Lipinski definition) is 5.